The van der Waals surface area contributed by atoms with E-state index >= 15 is 0 Å². The smallest absolute Gasteiger partial charge is 0.338 e. The highest BCUT2D eigenvalue weighted by Crippen LogP contribution is 2.36. The summed E-state index contributed by atoms with van der Waals surface area (Å²) in [6.07, 6.45) is 1.65. The Labute approximate surface area is 124 Å². The van der Waals surface area contributed by atoms with E-state index in [1.54, 1.807) is 32.2 Å². The number of carbonyl (C=O) groups is 2. The van der Waals surface area contributed by atoms with Crippen LogP contribution in [0.25, 0.3) is 5.57 Å². The molecule has 0 saturated heterocycles. The van der Waals surface area contributed by atoms with Crippen LogP contribution < -0.4 is 9.64 Å². The summed E-state index contributed by atoms with van der Waals surface area (Å²) < 4.78 is 10.3. The molecule has 0 bridgehead atoms. The molecule has 0 saturated carbocycles. The molecule has 1 heterocycles. The number of Topliss-reactive ketones (excluding diaryl/α,β-unsaturated/α-hetero) is 1. The number of ketones is 1. The molecule has 2 rings (SSSR count). The van der Waals surface area contributed by atoms with Crippen LogP contribution in [0.5, 0.6) is 5.75 Å². The van der Waals surface area contributed by atoms with Crippen molar-refractivity contribution in [3.8, 4) is 5.75 Å². The first kappa shape index (κ1) is 15.1. The molecule has 5 nitrogen and oxygen atoms in total. The number of ether oxygens (including phenoxy) is 2. The Kier molecular flexibility index (Phi) is 4.31. The summed E-state index contributed by atoms with van der Waals surface area (Å²) in [5.41, 5.74) is 1.93. The summed E-state index contributed by atoms with van der Waals surface area (Å²) >= 11 is 0. The standard InChI is InChI=1S/C16H19NO4/c1-5-21-16(19)13-9-15(10(2)18)17(3)14-7-6-11(20-4)8-12(13)14/h6-9,15H,5H2,1-4H3/t15-/m1/s1. The maximum Gasteiger partial charge on any atom is 0.338 e. The number of esters is 1. The number of methoxy groups -OCH3 is 1. The van der Waals surface area contributed by atoms with Crippen LogP contribution in [-0.2, 0) is 14.3 Å². The SMILES string of the molecule is CCOC(=O)C1=C[C@H](C(C)=O)N(C)c2ccc(OC)cc21. The normalized spacial score (nSPS) is 16.9. The van der Waals surface area contributed by atoms with Gasteiger partial charge in [-0.25, -0.2) is 4.79 Å². The number of carbonyl (C=O) groups excluding carboxylic acids is 2. The van der Waals surface area contributed by atoms with Gasteiger partial charge in [-0.15, -0.1) is 0 Å². The molecule has 0 aromatic heterocycles. The number of rotatable bonds is 4. The fraction of sp³-hybridized carbons (Fsp3) is 0.375. The average molecular weight is 289 g/mol. The number of nitrogens with zero attached hydrogens (tertiary/aromatic N) is 1. The van der Waals surface area contributed by atoms with Gasteiger partial charge in [0.25, 0.3) is 0 Å². The minimum atomic E-state index is -0.467. The van der Waals surface area contributed by atoms with E-state index in [0.717, 1.165) is 5.69 Å². The molecule has 1 aromatic carbocycles. The van der Waals surface area contributed by atoms with Crippen molar-refractivity contribution in [3.63, 3.8) is 0 Å². The van der Waals surface area contributed by atoms with Crippen LogP contribution in [0, 0.1) is 0 Å². The monoisotopic (exact) mass is 289 g/mol. The van der Waals surface area contributed by atoms with Gasteiger partial charge in [0.2, 0.25) is 0 Å². The highest BCUT2D eigenvalue weighted by atomic mass is 16.5. The zero-order chi connectivity index (χ0) is 15.6. The first-order valence-electron chi connectivity index (χ1n) is 6.80. The fourth-order valence-electron chi connectivity index (χ4n) is 2.45. The lowest BCUT2D eigenvalue weighted by Gasteiger charge is -2.33. The van der Waals surface area contributed by atoms with Crippen LogP contribution >= 0.6 is 0 Å². The van der Waals surface area contributed by atoms with E-state index in [1.165, 1.54) is 6.92 Å². The zero-order valence-corrected chi connectivity index (χ0v) is 12.7. The molecule has 1 aromatic rings. The van der Waals surface area contributed by atoms with E-state index in [1.807, 2.05) is 18.0 Å². The maximum atomic E-state index is 12.2. The maximum absolute atomic E-state index is 12.2. The van der Waals surface area contributed by atoms with Crippen molar-refractivity contribution < 1.29 is 19.1 Å². The van der Waals surface area contributed by atoms with Crippen LogP contribution in [0.1, 0.15) is 19.4 Å². The Morgan fingerprint density at radius 1 is 1.33 bits per heavy atom. The lowest BCUT2D eigenvalue weighted by Crippen LogP contribution is -2.39. The molecule has 5 heteroatoms. The quantitative estimate of drug-likeness (QED) is 0.794. The van der Waals surface area contributed by atoms with Gasteiger partial charge in [-0.1, -0.05) is 0 Å². The molecule has 1 aliphatic rings. The van der Waals surface area contributed by atoms with Crippen molar-refractivity contribution in [3.05, 3.63) is 29.8 Å². The lowest BCUT2D eigenvalue weighted by molar-refractivity contribution is -0.136. The molecule has 1 atom stereocenters. The number of anilines is 1. The predicted octanol–water partition coefficient (Wildman–Crippen LogP) is 2.05. The minimum absolute atomic E-state index is 0.0271. The zero-order valence-electron chi connectivity index (χ0n) is 12.7. The Hall–Kier alpha value is -2.30. The largest absolute Gasteiger partial charge is 0.497 e. The molecule has 0 N–H and O–H groups in total. The van der Waals surface area contributed by atoms with E-state index in [2.05, 4.69) is 0 Å². The molecular formula is C16H19NO4. The van der Waals surface area contributed by atoms with Crippen molar-refractivity contribution in [2.45, 2.75) is 19.9 Å². The molecule has 0 radical (unpaired) electrons. The fourth-order valence-corrected chi connectivity index (χ4v) is 2.45. The third-order valence-corrected chi connectivity index (χ3v) is 3.53. The van der Waals surface area contributed by atoms with Crippen molar-refractivity contribution >= 4 is 23.0 Å². The molecular weight excluding hydrogens is 270 g/mol. The number of likely N-dealkylation sites (N-methyl/N-ethyl adjacent to an activating group) is 1. The first-order chi connectivity index (χ1) is 9.99. The van der Waals surface area contributed by atoms with Crippen molar-refractivity contribution in [2.75, 3.05) is 25.7 Å². The molecule has 0 unspecified atom stereocenters. The Bertz CT molecular complexity index is 606. The van der Waals surface area contributed by atoms with Gasteiger partial charge in [-0.2, -0.15) is 0 Å². The number of hydrogen-bond acceptors (Lipinski definition) is 5. The Morgan fingerprint density at radius 3 is 2.62 bits per heavy atom. The van der Waals surface area contributed by atoms with Crippen LogP contribution in [-0.4, -0.2) is 38.6 Å². The highest BCUT2D eigenvalue weighted by molar-refractivity contribution is 6.20. The second-order valence-corrected chi connectivity index (χ2v) is 4.85. The molecule has 0 spiro atoms. The van der Waals surface area contributed by atoms with E-state index < -0.39 is 12.0 Å². The third kappa shape index (κ3) is 2.77. The van der Waals surface area contributed by atoms with E-state index in [0.29, 0.717) is 16.9 Å². The number of hydrogen-bond donors (Lipinski definition) is 0. The van der Waals surface area contributed by atoms with Crippen LogP contribution in [0.4, 0.5) is 5.69 Å². The first-order valence-corrected chi connectivity index (χ1v) is 6.80. The second kappa shape index (κ2) is 5.99. The number of benzene rings is 1. The van der Waals surface area contributed by atoms with Crippen molar-refractivity contribution in [1.82, 2.24) is 0 Å². The van der Waals surface area contributed by atoms with Crippen molar-refractivity contribution in [2.24, 2.45) is 0 Å². The summed E-state index contributed by atoms with van der Waals surface area (Å²) in [5, 5.41) is 0. The topological polar surface area (TPSA) is 55.8 Å². The molecule has 0 amide bonds. The van der Waals surface area contributed by atoms with Gasteiger partial charge < -0.3 is 14.4 Å². The van der Waals surface area contributed by atoms with Gasteiger partial charge in [-0.3, -0.25) is 4.79 Å². The lowest BCUT2D eigenvalue weighted by atomic mass is 9.93. The van der Waals surface area contributed by atoms with Gasteiger partial charge in [-0.05, 0) is 38.1 Å². The number of fused-ring (bicyclic) bond motifs is 1. The second-order valence-electron chi connectivity index (χ2n) is 4.85. The highest BCUT2D eigenvalue weighted by Gasteiger charge is 2.30. The predicted molar refractivity (Wildman–Crippen MR) is 80.5 cm³/mol. The van der Waals surface area contributed by atoms with Gasteiger partial charge in [0.15, 0.2) is 5.78 Å². The van der Waals surface area contributed by atoms with E-state index in [4.69, 9.17) is 9.47 Å². The molecule has 0 aliphatic carbocycles. The van der Waals surface area contributed by atoms with E-state index in [-0.39, 0.29) is 12.4 Å². The molecule has 21 heavy (non-hydrogen) atoms. The Balaban J connectivity index is 2.57. The van der Waals surface area contributed by atoms with Crippen LogP contribution in [0.15, 0.2) is 24.3 Å². The van der Waals surface area contributed by atoms with Gasteiger partial charge >= 0.3 is 5.97 Å². The van der Waals surface area contributed by atoms with E-state index in [9.17, 15) is 9.59 Å². The summed E-state index contributed by atoms with van der Waals surface area (Å²) in [7, 11) is 3.40. The van der Waals surface area contributed by atoms with Crippen molar-refractivity contribution in [1.29, 1.82) is 0 Å². The van der Waals surface area contributed by atoms with Gasteiger partial charge in [0, 0.05) is 18.3 Å². The molecule has 1 aliphatic heterocycles. The van der Waals surface area contributed by atoms with Gasteiger partial charge in [0.05, 0.1) is 19.3 Å². The summed E-state index contributed by atoms with van der Waals surface area (Å²) in [6.45, 7) is 3.55. The van der Waals surface area contributed by atoms with Gasteiger partial charge in [0.1, 0.15) is 11.8 Å². The van der Waals surface area contributed by atoms with Crippen LogP contribution in [0.3, 0.4) is 0 Å². The van der Waals surface area contributed by atoms with Crippen LogP contribution in [0.2, 0.25) is 0 Å². The minimum Gasteiger partial charge on any atom is -0.497 e. The average Bonchev–Trinajstić information content (AvgIpc) is 2.47. The summed E-state index contributed by atoms with van der Waals surface area (Å²) in [6, 6.07) is 4.97. The summed E-state index contributed by atoms with van der Waals surface area (Å²) in [5.74, 6) is 0.200. The Morgan fingerprint density at radius 2 is 2.05 bits per heavy atom. The molecule has 112 valence electrons. The summed E-state index contributed by atoms with van der Waals surface area (Å²) in [4.78, 5) is 25.8. The third-order valence-electron chi connectivity index (χ3n) is 3.53. The molecule has 0 fully saturated rings.